The molecule has 0 aliphatic carbocycles. The minimum absolute atomic E-state index is 0.768. The van der Waals surface area contributed by atoms with Crippen LogP contribution in [-0.4, -0.2) is 11.0 Å². The van der Waals surface area contributed by atoms with Crippen LogP contribution >= 0.6 is 0 Å². The minimum atomic E-state index is 0.768. The van der Waals surface area contributed by atoms with Crippen molar-refractivity contribution in [1.29, 1.82) is 0 Å². The zero-order valence-corrected chi connectivity index (χ0v) is 9.96. The zero-order valence-electron chi connectivity index (χ0n) is 9.96. The van der Waals surface area contributed by atoms with E-state index in [1.807, 2.05) is 24.3 Å². The van der Waals surface area contributed by atoms with Crippen molar-refractivity contribution in [2.45, 2.75) is 6.92 Å². The van der Waals surface area contributed by atoms with Crippen LogP contribution in [0.5, 0.6) is 0 Å². The van der Waals surface area contributed by atoms with E-state index in [4.69, 9.17) is 0 Å². The molecule has 0 bridgehead atoms. The molecule has 1 aromatic heterocycles. The van der Waals surface area contributed by atoms with Crippen molar-refractivity contribution >= 4 is 17.4 Å². The highest BCUT2D eigenvalue weighted by Crippen LogP contribution is 2.16. The van der Waals surface area contributed by atoms with Gasteiger partial charge >= 0.3 is 0 Å². The first kappa shape index (κ1) is 11.8. The minimum Gasteiger partial charge on any atom is -0.265 e. The smallest absolute Gasteiger partial charge is 0.101 e. The Morgan fingerprint density at radius 2 is 1.78 bits per heavy atom. The number of nitrogens with zero attached hydrogens (tertiary/aromatic N) is 3. The molecule has 3 heteroatoms. The van der Waals surface area contributed by atoms with Crippen LogP contribution in [0.2, 0.25) is 0 Å². The summed E-state index contributed by atoms with van der Waals surface area (Å²) in [6.45, 7) is 1.80. The van der Waals surface area contributed by atoms with Crippen molar-refractivity contribution in [2.75, 3.05) is 0 Å². The molecule has 0 amide bonds. The molecule has 0 aliphatic rings. The van der Waals surface area contributed by atoms with E-state index in [1.54, 1.807) is 31.5 Å². The van der Waals surface area contributed by atoms with Crippen LogP contribution in [0.1, 0.15) is 12.5 Å². The van der Waals surface area contributed by atoms with Gasteiger partial charge in [-0.2, -0.15) is 9.98 Å². The second kappa shape index (κ2) is 6.15. The van der Waals surface area contributed by atoms with Gasteiger partial charge in [-0.25, -0.2) is 0 Å². The number of hydrogen-bond donors (Lipinski definition) is 0. The van der Waals surface area contributed by atoms with Crippen molar-refractivity contribution in [3.05, 3.63) is 54.4 Å². The predicted octanol–water partition coefficient (Wildman–Crippen LogP) is 3.59. The van der Waals surface area contributed by atoms with Gasteiger partial charge in [0.2, 0.25) is 0 Å². The van der Waals surface area contributed by atoms with Gasteiger partial charge in [-0.05, 0) is 31.2 Å². The molecular weight excluding hydrogens is 222 g/mol. The van der Waals surface area contributed by atoms with Crippen molar-refractivity contribution in [3.63, 3.8) is 0 Å². The third-order valence-electron chi connectivity index (χ3n) is 2.18. The molecule has 0 radical (unpaired) electrons. The highest BCUT2D eigenvalue weighted by atomic mass is 14.8. The lowest BCUT2D eigenvalue weighted by Crippen LogP contribution is -1.74. The van der Waals surface area contributed by atoms with Gasteiger partial charge in [0.1, 0.15) is 6.01 Å². The van der Waals surface area contributed by atoms with Gasteiger partial charge in [-0.1, -0.05) is 18.1 Å². The van der Waals surface area contributed by atoms with E-state index < -0.39 is 0 Å². The maximum absolute atomic E-state index is 4.18. The molecule has 0 fully saturated rings. The maximum atomic E-state index is 4.18. The molecule has 0 aliphatic heterocycles. The van der Waals surface area contributed by atoms with Crippen LogP contribution in [0.3, 0.4) is 0 Å². The Balaban J connectivity index is 2.28. The molecule has 0 saturated heterocycles. The first-order valence-corrected chi connectivity index (χ1v) is 5.48. The molecule has 86 valence electrons. The van der Waals surface area contributed by atoms with Gasteiger partial charge in [-0.15, -0.1) is 5.92 Å². The third-order valence-corrected chi connectivity index (χ3v) is 2.18. The fourth-order valence-corrected chi connectivity index (χ4v) is 1.37. The van der Waals surface area contributed by atoms with Gasteiger partial charge in [0, 0.05) is 12.4 Å². The summed E-state index contributed by atoms with van der Waals surface area (Å²) in [5, 5.41) is 0. The average Bonchev–Trinajstić information content (AvgIpc) is 2.42. The quantitative estimate of drug-likeness (QED) is 0.577. The molecule has 2 aromatic rings. The standard InChI is InChI=1S/C15H11N3/c1-2-5-13-6-3-4-7-15(13)18-12-17-14-8-10-16-11-9-14/h3-4,6-11H,1H3. The summed E-state index contributed by atoms with van der Waals surface area (Å²) in [4.78, 5) is 12.2. The Labute approximate surface area is 106 Å². The fourth-order valence-electron chi connectivity index (χ4n) is 1.37. The Bertz CT molecular complexity index is 642. The SMILES string of the molecule is CC#Cc1ccccc1N=C=Nc1ccncc1. The maximum Gasteiger partial charge on any atom is 0.101 e. The van der Waals surface area contributed by atoms with E-state index >= 15 is 0 Å². The Hall–Kier alpha value is -2.69. The Morgan fingerprint density at radius 3 is 2.56 bits per heavy atom. The van der Waals surface area contributed by atoms with Crippen LogP contribution in [-0.2, 0) is 0 Å². The molecule has 1 aromatic carbocycles. The van der Waals surface area contributed by atoms with E-state index in [0.29, 0.717) is 0 Å². The summed E-state index contributed by atoms with van der Waals surface area (Å²) in [6.07, 6.45) is 3.36. The molecular formula is C15H11N3. The summed E-state index contributed by atoms with van der Waals surface area (Å²) < 4.78 is 0. The highest BCUT2D eigenvalue weighted by molar-refractivity contribution is 5.62. The van der Waals surface area contributed by atoms with Crippen molar-refractivity contribution < 1.29 is 0 Å². The number of aromatic nitrogens is 1. The third kappa shape index (κ3) is 3.15. The van der Waals surface area contributed by atoms with Crippen LogP contribution in [0.25, 0.3) is 0 Å². The van der Waals surface area contributed by atoms with Gasteiger partial charge in [0.25, 0.3) is 0 Å². The molecule has 3 nitrogen and oxygen atoms in total. The van der Waals surface area contributed by atoms with Crippen LogP contribution in [0, 0.1) is 11.8 Å². The van der Waals surface area contributed by atoms with E-state index in [-0.39, 0.29) is 0 Å². The summed E-state index contributed by atoms with van der Waals surface area (Å²) in [7, 11) is 0. The largest absolute Gasteiger partial charge is 0.265 e. The number of pyridine rings is 1. The van der Waals surface area contributed by atoms with Crippen molar-refractivity contribution in [2.24, 2.45) is 9.98 Å². The molecule has 0 N–H and O–H groups in total. The number of rotatable bonds is 2. The van der Waals surface area contributed by atoms with Gasteiger partial charge in [0.05, 0.1) is 16.9 Å². The van der Waals surface area contributed by atoms with Gasteiger partial charge in [0.15, 0.2) is 0 Å². The topological polar surface area (TPSA) is 37.6 Å². The molecule has 0 spiro atoms. The monoisotopic (exact) mass is 233 g/mol. The second-order valence-electron chi connectivity index (χ2n) is 3.42. The molecule has 18 heavy (non-hydrogen) atoms. The fraction of sp³-hybridized carbons (Fsp3) is 0.0667. The molecule has 1 heterocycles. The summed E-state index contributed by atoms with van der Waals surface area (Å²) in [5.41, 5.74) is 2.41. The second-order valence-corrected chi connectivity index (χ2v) is 3.42. The lowest BCUT2D eigenvalue weighted by molar-refractivity contribution is 1.31. The van der Waals surface area contributed by atoms with E-state index in [9.17, 15) is 0 Å². The van der Waals surface area contributed by atoms with Crippen LogP contribution < -0.4 is 0 Å². The van der Waals surface area contributed by atoms with Crippen LogP contribution in [0.15, 0.2) is 58.8 Å². The normalized spacial score (nSPS) is 8.72. The first-order chi connectivity index (χ1) is 8.90. The van der Waals surface area contributed by atoms with Gasteiger partial charge in [-0.3, -0.25) is 4.98 Å². The molecule has 0 unspecified atom stereocenters. The number of benzene rings is 1. The van der Waals surface area contributed by atoms with Crippen molar-refractivity contribution in [1.82, 2.24) is 4.98 Å². The number of aliphatic imine (C=N–C) groups is 2. The first-order valence-electron chi connectivity index (χ1n) is 5.48. The highest BCUT2D eigenvalue weighted by Gasteiger charge is 1.94. The molecule has 2 rings (SSSR count). The van der Waals surface area contributed by atoms with E-state index in [2.05, 4.69) is 32.8 Å². The number of hydrogen-bond acceptors (Lipinski definition) is 3. The molecule has 0 saturated carbocycles. The Kier molecular flexibility index (Phi) is 4.02. The Morgan fingerprint density at radius 1 is 1.00 bits per heavy atom. The average molecular weight is 233 g/mol. The van der Waals surface area contributed by atoms with Gasteiger partial charge < -0.3 is 0 Å². The van der Waals surface area contributed by atoms with Crippen molar-refractivity contribution in [3.8, 4) is 11.8 Å². The molecule has 0 atom stereocenters. The predicted molar refractivity (Wildman–Crippen MR) is 72.4 cm³/mol. The lowest BCUT2D eigenvalue weighted by Gasteiger charge is -1.94. The number of para-hydroxylation sites is 1. The van der Waals surface area contributed by atoms with E-state index in [0.717, 1.165) is 16.9 Å². The van der Waals surface area contributed by atoms with Crippen LogP contribution in [0.4, 0.5) is 11.4 Å². The summed E-state index contributed by atoms with van der Waals surface area (Å²) >= 11 is 0. The summed E-state index contributed by atoms with van der Waals surface area (Å²) in [6, 6.07) is 13.9. The lowest BCUT2D eigenvalue weighted by atomic mass is 10.2. The summed E-state index contributed by atoms with van der Waals surface area (Å²) in [5.74, 6) is 5.85. The zero-order chi connectivity index (χ0) is 12.6. The van der Waals surface area contributed by atoms with E-state index in [1.165, 1.54) is 0 Å².